The third-order valence-electron chi connectivity index (χ3n) is 5.96. The van der Waals surface area contributed by atoms with Gasteiger partial charge in [0.1, 0.15) is 23.3 Å². The molecule has 1 N–H and O–H groups in total. The number of amides is 1. The SMILES string of the molecule is CC(C)(C)OC(=O)N1CCN(c2ncc(-c3ccc(C(=O)CCc4ncc[nH]4)c(Cl)c3)cc2C#N)CC1. The van der Waals surface area contributed by atoms with E-state index >= 15 is 0 Å². The number of benzene rings is 1. The first-order valence-corrected chi connectivity index (χ1v) is 12.5. The number of pyridine rings is 1. The van der Waals surface area contributed by atoms with E-state index < -0.39 is 5.60 Å². The molecule has 37 heavy (non-hydrogen) atoms. The first-order valence-electron chi connectivity index (χ1n) is 12.1. The molecule has 0 unspecified atom stereocenters. The molecule has 3 aromatic rings. The third-order valence-corrected chi connectivity index (χ3v) is 6.28. The van der Waals surface area contributed by atoms with Gasteiger partial charge in [0.05, 0.1) is 10.6 Å². The fourth-order valence-electron chi connectivity index (χ4n) is 4.10. The molecule has 0 atom stereocenters. The van der Waals surface area contributed by atoms with Crippen molar-refractivity contribution in [1.29, 1.82) is 5.26 Å². The number of hydrogen-bond donors (Lipinski definition) is 1. The summed E-state index contributed by atoms with van der Waals surface area (Å²) in [4.78, 5) is 40.4. The second-order valence-corrected chi connectivity index (χ2v) is 10.2. The van der Waals surface area contributed by atoms with Crippen LogP contribution in [0.1, 0.15) is 48.9 Å². The van der Waals surface area contributed by atoms with Gasteiger partial charge in [-0.25, -0.2) is 14.8 Å². The van der Waals surface area contributed by atoms with Crippen molar-refractivity contribution in [3.8, 4) is 17.2 Å². The number of rotatable bonds is 6. The molecule has 10 heteroatoms. The van der Waals surface area contributed by atoms with Crippen molar-refractivity contribution in [2.45, 2.75) is 39.2 Å². The van der Waals surface area contributed by atoms with E-state index in [2.05, 4.69) is 21.0 Å². The second kappa shape index (κ2) is 11.0. The van der Waals surface area contributed by atoms with Crippen molar-refractivity contribution in [2.24, 2.45) is 0 Å². The number of Topliss-reactive ketones (excluding diaryl/α,β-unsaturated/α-hetero) is 1. The standard InChI is InChI=1S/C27H29ClN6O3/c1-27(2,3)37-26(36)34-12-10-33(11-13-34)25-19(16-29)14-20(17-32-25)18-4-5-21(22(28)15-18)23(35)6-7-24-30-8-9-31-24/h4-5,8-9,14-15,17H,6-7,10-13H2,1-3H3,(H,30,31). The Labute approximate surface area is 221 Å². The molecule has 4 rings (SSSR count). The molecule has 1 amide bonds. The number of nitriles is 1. The van der Waals surface area contributed by atoms with Gasteiger partial charge in [0.25, 0.3) is 0 Å². The number of aromatic nitrogens is 3. The number of anilines is 1. The Hall–Kier alpha value is -3.90. The van der Waals surface area contributed by atoms with Crippen LogP contribution in [0.25, 0.3) is 11.1 Å². The zero-order chi connectivity index (χ0) is 26.6. The smallest absolute Gasteiger partial charge is 0.410 e. The summed E-state index contributed by atoms with van der Waals surface area (Å²) in [5.74, 6) is 1.26. The quantitative estimate of drug-likeness (QED) is 0.461. The number of halogens is 1. The molecule has 0 spiro atoms. The highest BCUT2D eigenvalue weighted by atomic mass is 35.5. The molecular formula is C27H29ClN6O3. The van der Waals surface area contributed by atoms with Gasteiger partial charge in [-0.2, -0.15) is 5.26 Å². The first-order chi connectivity index (χ1) is 17.6. The van der Waals surface area contributed by atoms with Gasteiger partial charge in [-0.05, 0) is 44.5 Å². The molecule has 0 bridgehead atoms. The van der Waals surface area contributed by atoms with Gasteiger partial charge in [0.2, 0.25) is 0 Å². The average molecular weight is 521 g/mol. The fourth-order valence-corrected chi connectivity index (χ4v) is 4.39. The van der Waals surface area contributed by atoms with Crippen LogP contribution in [0, 0.1) is 11.3 Å². The van der Waals surface area contributed by atoms with Crippen molar-refractivity contribution >= 4 is 29.3 Å². The number of aryl methyl sites for hydroxylation is 1. The first kappa shape index (κ1) is 26.2. The van der Waals surface area contributed by atoms with Gasteiger partial charge >= 0.3 is 6.09 Å². The second-order valence-electron chi connectivity index (χ2n) is 9.82. The summed E-state index contributed by atoms with van der Waals surface area (Å²) < 4.78 is 5.46. The van der Waals surface area contributed by atoms with Gasteiger partial charge in [0, 0.05) is 68.7 Å². The summed E-state index contributed by atoms with van der Waals surface area (Å²) in [7, 11) is 0. The van der Waals surface area contributed by atoms with Crippen LogP contribution < -0.4 is 4.90 Å². The number of nitrogens with one attached hydrogen (secondary N) is 1. The van der Waals surface area contributed by atoms with Crippen molar-refractivity contribution in [1.82, 2.24) is 19.9 Å². The van der Waals surface area contributed by atoms with Crippen LogP contribution in [0.4, 0.5) is 10.6 Å². The molecule has 192 valence electrons. The average Bonchev–Trinajstić information content (AvgIpc) is 3.40. The molecule has 1 aromatic carbocycles. The lowest BCUT2D eigenvalue weighted by Crippen LogP contribution is -2.50. The Morgan fingerprint density at radius 3 is 2.51 bits per heavy atom. The third kappa shape index (κ3) is 6.46. The van der Waals surface area contributed by atoms with Crippen LogP contribution in [0.15, 0.2) is 42.9 Å². The number of H-pyrrole nitrogens is 1. The highest BCUT2D eigenvalue weighted by molar-refractivity contribution is 6.34. The summed E-state index contributed by atoms with van der Waals surface area (Å²) in [6.07, 6.45) is 5.53. The number of nitrogens with zero attached hydrogens (tertiary/aromatic N) is 5. The molecule has 1 fully saturated rings. The number of ether oxygens (including phenoxy) is 1. The Balaban J connectivity index is 1.44. The Morgan fingerprint density at radius 2 is 1.89 bits per heavy atom. The lowest BCUT2D eigenvalue weighted by atomic mass is 10.0. The van der Waals surface area contributed by atoms with Crippen molar-refractivity contribution in [3.05, 3.63) is 64.8 Å². The highest BCUT2D eigenvalue weighted by Crippen LogP contribution is 2.29. The van der Waals surface area contributed by atoms with Crippen LogP contribution in [0.3, 0.4) is 0 Å². The number of carbonyl (C=O) groups is 2. The lowest BCUT2D eigenvalue weighted by molar-refractivity contribution is 0.0240. The monoisotopic (exact) mass is 520 g/mol. The summed E-state index contributed by atoms with van der Waals surface area (Å²) in [6, 6.07) is 9.24. The largest absolute Gasteiger partial charge is 0.444 e. The maximum Gasteiger partial charge on any atom is 0.410 e. The summed E-state index contributed by atoms with van der Waals surface area (Å²) in [5, 5.41) is 10.2. The number of ketones is 1. The summed E-state index contributed by atoms with van der Waals surface area (Å²) in [6.45, 7) is 7.57. The van der Waals surface area contributed by atoms with Crippen molar-refractivity contribution < 1.29 is 14.3 Å². The Morgan fingerprint density at radius 1 is 1.14 bits per heavy atom. The molecule has 0 aliphatic carbocycles. The molecule has 1 aliphatic rings. The molecule has 0 radical (unpaired) electrons. The molecule has 2 aromatic heterocycles. The van der Waals surface area contributed by atoms with Gasteiger partial charge < -0.3 is 19.5 Å². The number of carbonyl (C=O) groups excluding carboxylic acids is 2. The predicted molar refractivity (Wildman–Crippen MR) is 141 cm³/mol. The van der Waals surface area contributed by atoms with Gasteiger partial charge in [-0.3, -0.25) is 4.79 Å². The van der Waals surface area contributed by atoms with E-state index in [1.807, 2.05) is 31.7 Å². The van der Waals surface area contributed by atoms with Gasteiger partial charge in [0.15, 0.2) is 5.78 Å². The molecule has 9 nitrogen and oxygen atoms in total. The number of hydrogen-bond acceptors (Lipinski definition) is 7. The molecule has 0 saturated carbocycles. The highest BCUT2D eigenvalue weighted by Gasteiger charge is 2.27. The Kier molecular flexibility index (Phi) is 7.79. The fraction of sp³-hybridized carbons (Fsp3) is 0.370. The zero-order valence-corrected chi connectivity index (χ0v) is 21.9. The van der Waals surface area contributed by atoms with Crippen molar-refractivity contribution in [2.75, 3.05) is 31.1 Å². The van der Waals surface area contributed by atoms with E-state index in [9.17, 15) is 14.9 Å². The maximum absolute atomic E-state index is 12.6. The predicted octanol–water partition coefficient (Wildman–Crippen LogP) is 4.87. The molecular weight excluding hydrogens is 492 g/mol. The van der Waals surface area contributed by atoms with E-state index in [0.717, 1.165) is 17.0 Å². The van der Waals surface area contributed by atoms with Gasteiger partial charge in [-0.1, -0.05) is 17.7 Å². The molecule has 3 heterocycles. The minimum absolute atomic E-state index is 0.0651. The van der Waals surface area contributed by atoms with Crippen LogP contribution >= 0.6 is 11.6 Å². The van der Waals surface area contributed by atoms with Crippen LogP contribution in [-0.2, 0) is 11.2 Å². The zero-order valence-electron chi connectivity index (χ0n) is 21.1. The van der Waals surface area contributed by atoms with Crippen LogP contribution in [-0.4, -0.2) is 63.5 Å². The minimum Gasteiger partial charge on any atom is -0.444 e. The van der Waals surface area contributed by atoms with Crippen LogP contribution in [0.5, 0.6) is 0 Å². The summed E-state index contributed by atoms with van der Waals surface area (Å²) >= 11 is 6.46. The maximum atomic E-state index is 12.6. The minimum atomic E-state index is -0.548. The van der Waals surface area contributed by atoms with Crippen LogP contribution in [0.2, 0.25) is 5.02 Å². The topological polar surface area (TPSA) is 115 Å². The normalized spacial score (nSPS) is 13.8. The molecule has 1 aliphatic heterocycles. The van der Waals surface area contributed by atoms with E-state index in [1.165, 1.54) is 0 Å². The van der Waals surface area contributed by atoms with Gasteiger partial charge in [-0.15, -0.1) is 0 Å². The number of imidazole rings is 1. The van der Waals surface area contributed by atoms with E-state index in [4.69, 9.17) is 16.3 Å². The van der Waals surface area contributed by atoms with E-state index in [1.54, 1.807) is 41.7 Å². The van der Waals surface area contributed by atoms with E-state index in [-0.39, 0.29) is 11.9 Å². The molecule has 1 saturated heterocycles. The number of aromatic amines is 1. The van der Waals surface area contributed by atoms with Crippen molar-refractivity contribution in [3.63, 3.8) is 0 Å². The Bertz CT molecular complexity index is 1320. The lowest BCUT2D eigenvalue weighted by Gasteiger charge is -2.36. The number of piperazine rings is 1. The summed E-state index contributed by atoms with van der Waals surface area (Å²) in [5.41, 5.74) is 1.82. The van der Waals surface area contributed by atoms with E-state index in [0.29, 0.717) is 61.0 Å².